The van der Waals surface area contributed by atoms with Crippen LogP contribution in [0.2, 0.25) is 0 Å². The minimum absolute atomic E-state index is 0.273. The van der Waals surface area contributed by atoms with Gasteiger partial charge in [0.05, 0.1) is 0 Å². The van der Waals surface area contributed by atoms with E-state index in [0.717, 1.165) is 28.7 Å². The fraction of sp³-hybridized carbons (Fsp3) is 0.304. The molecule has 0 spiro atoms. The Labute approximate surface area is 173 Å². The average molecular weight is 407 g/mol. The van der Waals surface area contributed by atoms with E-state index in [4.69, 9.17) is 5.11 Å². The Balaban J connectivity index is 1.61. The maximum absolute atomic E-state index is 13.7. The summed E-state index contributed by atoms with van der Waals surface area (Å²) in [6, 6.07) is 10.5. The molecule has 1 unspecified atom stereocenters. The van der Waals surface area contributed by atoms with E-state index in [1.807, 2.05) is 17.0 Å². The molecule has 0 bridgehead atoms. The third-order valence-corrected chi connectivity index (χ3v) is 5.42. The van der Waals surface area contributed by atoms with E-state index in [0.29, 0.717) is 32.5 Å². The number of carboxylic acid groups (broad SMARTS) is 1. The number of carboxylic acids is 1. The minimum atomic E-state index is -1.17. The molecule has 6 nitrogen and oxygen atoms in total. The number of pyridine rings is 1. The van der Waals surface area contributed by atoms with E-state index >= 15 is 0 Å². The van der Waals surface area contributed by atoms with Gasteiger partial charge in [-0.05, 0) is 48.2 Å². The highest BCUT2D eigenvalue weighted by Crippen LogP contribution is 2.31. The van der Waals surface area contributed by atoms with Crippen LogP contribution in [0.1, 0.15) is 29.7 Å². The van der Waals surface area contributed by atoms with Crippen molar-refractivity contribution in [3.05, 3.63) is 65.2 Å². The second-order valence-corrected chi connectivity index (χ2v) is 7.36. The van der Waals surface area contributed by atoms with Crippen LogP contribution in [0.15, 0.2) is 42.6 Å². The molecule has 0 fully saturated rings. The Morgan fingerprint density at radius 3 is 2.97 bits per heavy atom. The molecule has 0 aliphatic carbocycles. The third-order valence-electron chi connectivity index (χ3n) is 5.42. The molecule has 2 aromatic heterocycles. The summed E-state index contributed by atoms with van der Waals surface area (Å²) in [5.41, 5.74) is 3.98. The van der Waals surface area contributed by atoms with Gasteiger partial charge >= 0.3 is 5.97 Å². The molecule has 0 radical (unpaired) electrons. The van der Waals surface area contributed by atoms with Crippen molar-refractivity contribution in [2.24, 2.45) is 0 Å². The van der Waals surface area contributed by atoms with Gasteiger partial charge in [0.25, 0.3) is 0 Å². The van der Waals surface area contributed by atoms with E-state index in [1.54, 1.807) is 12.3 Å². The molecule has 1 atom stereocenters. The Morgan fingerprint density at radius 1 is 1.30 bits per heavy atom. The van der Waals surface area contributed by atoms with Crippen molar-refractivity contribution in [2.45, 2.75) is 38.6 Å². The average Bonchev–Trinajstić information content (AvgIpc) is 3.04. The van der Waals surface area contributed by atoms with Gasteiger partial charge in [-0.25, -0.2) is 14.2 Å². The van der Waals surface area contributed by atoms with Crippen LogP contribution in [0.4, 0.5) is 4.39 Å². The van der Waals surface area contributed by atoms with Crippen molar-refractivity contribution >= 4 is 17.0 Å². The molecule has 0 amide bonds. The second-order valence-electron chi connectivity index (χ2n) is 7.36. The Morgan fingerprint density at radius 2 is 2.17 bits per heavy atom. The van der Waals surface area contributed by atoms with Gasteiger partial charge in [0, 0.05) is 49.3 Å². The predicted molar refractivity (Wildman–Crippen MR) is 110 cm³/mol. The van der Waals surface area contributed by atoms with E-state index in [9.17, 15) is 14.3 Å². The van der Waals surface area contributed by atoms with E-state index in [1.165, 1.54) is 17.7 Å². The maximum atomic E-state index is 13.7. The first kappa shape index (κ1) is 20.1. The number of aliphatic carboxylic acids is 1. The van der Waals surface area contributed by atoms with Crippen molar-refractivity contribution in [1.82, 2.24) is 14.5 Å². The number of halogens is 1. The highest BCUT2D eigenvalue weighted by molar-refractivity contribution is 5.86. The molecule has 0 saturated heterocycles. The van der Waals surface area contributed by atoms with Crippen molar-refractivity contribution in [3.8, 4) is 11.8 Å². The zero-order chi connectivity index (χ0) is 21.1. The molecular formula is C23H22FN3O3. The van der Waals surface area contributed by atoms with Crippen molar-refractivity contribution in [1.29, 1.82) is 0 Å². The van der Waals surface area contributed by atoms with Gasteiger partial charge in [0.1, 0.15) is 17.7 Å². The number of hydrogen-bond acceptors (Lipinski definition) is 4. The van der Waals surface area contributed by atoms with Crippen LogP contribution < -0.4 is 0 Å². The molecule has 4 rings (SSSR count). The summed E-state index contributed by atoms with van der Waals surface area (Å²) in [6.45, 7) is 1.72. The lowest BCUT2D eigenvalue weighted by Crippen LogP contribution is -2.39. The fourth-order valence-electron chi connectivity index (χ4n) is 4.04. The van der Waals surface area contributed by atoms with Crippen LogP contribution in [-0.4, -0.2) is 43.4 Å². The lowest BCUT2D eigenvalue weighted by atomic mass is 10.0. The Kier molecular flexibility index (Phi) is 5.79. The molecule has 3 heterocycles. The number of aromatic nitrogens is 2. The third kappa shape index (κ3) is 4.20. The second kappa shape index (κ2) is 8.66. The number of nitrogens with zero attached hydrogens (tertiary/aromatic N) is 3. The zero-order valence-corrected chi connectivity index (χ0v) is 16.4. The number of rotatable bonds is 5. The van der Waals surface area contributed by atoms with E-state index in [-0.39, 0.29) is 5.82 Å². The van der Waals surface area contributed by atoms with Gasteiger partial charge in [0.2, 0.25) is 0 Å². The SMILES string of the molecule is O=C(O)C#CCCC(O)N1CCc2c(n(Cc3cccc(F)c3)c3ncccc23)C1. The zero-order valence-electron chi connectivity index (χ0n) is 16.4. The molecular weight excluding hydrogens is 385 g/mol. The summed E-state index contributed by atoms with van der Waals surface area (Å²) in [4.78, 5) is 17.0. The van der Waals surface area contributed by atoms with E-state index in [2.05, 4.69) is 27.5 Å². The number of aliphatic hydroxyl groups excluding tert-OH is 1. The summed E-state index contributed by atoms with van der Waals surface area (Å²) < 4.78 is 15.8. The normalized spacial score (nSPS) is 14.7. The van der Waals surface area contributed by atoms with Crippen molar-refractivity contribution in [3.63, 3.8) is 0 Å². The molecule has 2 N–H and O–H groups in total. The van der Waals surface area contributed by atoms with Gasteiger partial charge in [-0.1, -0.05) is 18.1 Å². The first-order valence-corrected chi connectivity index (χ1v) is 9.86. The van der Waals surface area contributed by atoms with Gasteiger partial charge in [-0.15, -0.1) is 0 Å². The molecule has 1 aliphatic rings. The molecule has 30 heavy (non-hydrogen) atoms. The number of hydrogen-bond donors (Lipinski definition) is 2. The highest BCUT2D eigenvalue weighted by Gasteiger charge is 2.27. The molecule has 3 aromatic rings. The highest BCUT2D eigenvalue weighted by atomic mass is 19.1. The van der Waals surface area contributed by atoms with Gasteiger partial charge in [0.15, 0.2) is 0 Å². The van der Waals surface area contributed by atoms with Crippen LogP contribution in [-0.2, 0) is 24.3 Å². The first-order chi connectivity index (χ1) is 14.5. The smallest absolute Gasteiger partial charge is 0.381 e. The number of benzene rings is 1. The van der Waals surface area contributed by atoms with Crippen molar-refractivity contribution in [2.75, 3.05) is 6.54 Å². The quantitative estimate of drug-likeness (QED) is 0.636. The maximum Gasteiger partial charge on any atom is 0.381 e. The van der Waals surface area contributed by atoms with Crippen molar-refractivity contribution < 1.29 is 19.4 Å². The predicted octanol–water partition coefficient (Wildman–Crippen LogP) is 2.77. The standard InChI is InChI=1S/C23H22FN3O3/c24-17-6-3-5-16(13-17)14-27-20-15-26(21(28)8-1-2-9-22(29)30)12-10-18(20)19-7-4-11-25-23(19)27/h3-7,11,13,21,28H,1,8,10,12,14-15H2,(H,29,30). The number of aliphatic hydroxyl groups is 1. The summed E-state index contributed by atoms with van der Waals surface area (Å²) in [6.07, 6.45) is 2.49. The molecule has 1 aliphatic heterocycles. The van der Waals surface area contributed by atoms with Crippen LogP contribution in [0.3, 0.4) is 0 Å². The minimum Gasteiger partial charge on any atom is -0.472 e. The molecule has 154 valence electrons. The van der Waals surface area contributed by atoms with Crippen LogP contribution in [0.25, 0.3) is 11.0 Å². The number of fused-ring (bicyclic) bond motifs is 3. The lowest BCUT2D eigenvalue weighted by molar-refractivity contribution is -0.130. The van der Waals surface area contributed by atoms with Crippen LogP contribution in [0, 0.1) is 17.7 Å². The van der Waals surface area contributed by atoms with E-state index < -0.39 is 12.2 Å². The Bertz CT molecular complexity index is 1150. The summed E-state index contributed by atoms with van der Waals surface area (Å²) in [5, 5.41) is 20.3. The van der Waals surface area contributed by atoms with Gasteiger partial charge in [-0.3, -0.25) is 4.90 Å². The summed E-state index contributed by atoms with van der Waals surface area (Å²) in [5.74, 6) is 3.19. The number of carbonyl (C=O) groups is 1. The first-order valence-electron chi connectivity index (χ1n) is 9.86. The topological polar surface area (TPSA) is 78.6 Å². The summed E-state index contributed by atoms with van der Waals surface area (Å²) >= 11 is 0. The van der Waals surface area contributed by atoms with Gasteiger partial charge < -0.3 is 14.8 Å². The Hall–Kier alpha value is -3.21. The molecule has 1 aromatic carbocycles. The van der Waals surface area contributed by atoms with Crippen LogP contribution >= 0.6 is 0 Å². The fourth-order valence-corrected chi connectivity index (χ4v) is 4.04. The van der Waals surface area contributed by atoms with Crippen LogP contribution in [0.5, 0.6) is 0 Å². The largest absolute Gasteiger partial charge is 0.472 e. The lowest BCUT2D eigenvalue weighted by Gasteiger charge is -2.32. The summed E-state index contributed by atoms with van der Waals surface area (Å²) in [7, 11) is 0. The van der Waals surface area contributed by atoms with Gasteiger partial charge in [-0.2, -0.15) is 0 Å². The molecule has 7 heteroatoms. The molecule has 0 saturated carbocycles. The monoisotopic (exact) mass is 407 g/mol.